The molecule has 1 N–H and O–H groups in total. The van der Waals surface area contributed by atoms with E-state index in [1.165, 1.54) is 12.1 Å². The van der Waals surface area contributed by atoms with Crippen LogP contribution in [0.25, 0.3) is 0 Å². The van der Waals surface area contributed by atoms with Crippen molar-refractivity contribution in [3.05, 3.63) is 34.9 Å². The summed E-state index contributed by atoms with van der Waals surface area (Å²) in [7, 11) is 1.77. The zero-order chi connectivity index (χ0) is 10.1. The number of hydrogen-bond acceptors (Lipinski definition) is 2. The highest BCUT2D eigenvalue weighted by molar-refractivity contribution is 7.98. The monoisotopic (exact) mass is 215 g/mol. The van der Waals surface area contributed by atoms with Gasteiger partial charge in [0.2, 0.25) is 0 Å². The average Bonchev–Trinajstić information content (AvgIpc) is 2.23. The van der Waals surface area contributed by atoms with E-state index >= 15 is 0 Å². The summed E-state index contributed by atoms with van der Waals surface area (Å²) in [6.45, 7) is 0. The van der Waals surface area contributed by atoms with E-state index in [1.807, 2.05) is 0 Å². The van der Waals surface area contributed by atoms with Crippen molar-refractivity contribution >= 4 is 11.8 Å². The Balaban J connectivity index is 2.55. The number of nitrogens with one attached hydrogen (secondary N) is 1. The van der Waals surface area contributed by atoms with Gasteiger partial charge in [-0.25, -0.2) is 8.78 Å². The second kappa shape index (κ2) is 3.87. The molecule has 0 saturated carbocycles. The number of fused-ring (bicyclic) bond motifs is 1. The normalized spacial score (nSPS) is 20.6. The highest BCUT2D eigenvalue weighted by Gasteiger charge is 2.25. The Morgan fingerprint density at radius 3 is 2.79 bits per heavy atom. The van der Waals surface area contributed by atoms with E-state index in [9.17, 15) is 8.78 Å². The van der Waals surface area contributed by atoms with Gasteiger partial charge in [-0.2, -0.15) is 11.8 Å². The fraction of sp³-hybridized carbons (Fsp3) is 0.400. The lowest BCUT2D eigenvalue weighted by Gasteiger charge is -2.25. The third kappa shape index (κ3) is 1.53. The average molecular weight is 215 g/mol. The van der Waals surface area contributed by atoms with Crippen molar-refractivity contribution in [2.24, 2.45) is 0 Å². The Kier molecular flexibility index (Phi) is 2.74. The Morgan fingerprint density at radius 2 is 2.07 bits per heavy atom. The summed E-state index contributed by atoms with van der Waals surface area (Å²) in [5.41, 5.74) is 1.02. The first kappa shape index (κ1) is 9.93. The molecule has 0 amide bonds. The van der Waals surface area contributed by atoms with Crippen molar-refractivity contribution in [1.29, 1.82) is 0 Å². The summed E-state index contributed by atoms with van der Waals surface area (Å²) in [6, 6.07) is 2.33. The maximum atomic E-state index is 13.5. The Labute approximate surface area is 85.9 Å². The van der Waals surface area contributed by atoms with E-state index in [0.29, 0.717) is 16.9 Å². The number of hydrogen-bond donors (Lipinski definition) is 1. The minimum atomic E-state index is -0.305. The molecular weight excluding hydrogens is 204 g/mol. The van der Waals surface area contributed by atoms with Gasteiger partial charge in [-0.1, -0.05) is 0 Å². The summed E-state index contributed by atoms with van der Waals surface area (Å²) >= 11 is 1.62. The summed E-state index contributed by atoms with van der Waals surface area (Å²) in [5.74, 6) is 0.760. The van der Waals surface area contributed by atoms with E-state index in [1.54, 1.807) is 18.8 Å². The molecule has 0 radical (unpaired) electrons. The molecule has 4 heteroatoms. The van der Waals surface area contributed by atoms with Gasteiger partial charge >= 0.3 is 0 Å². The first-order valence-corrected chi connectivity index (χ1v) is 5.61. The maximum Gasteiger partial charge on any atom is 0.128 e. The molecule has 1 nitrogen and oxygen atoms in total. The molecule has 2 rings (SSSR count). The van der Waals surface area contributed by atoms with E-state index in [0.717, 1.165) is 5.75 Å². The summed E-state index contributed by atoms with van der Waals surface area (Å²) < 4.78 is 26.8. The zero-order valence-corrected chi connectivity index (χ0v) is 8.63. The van der Waals surface area contributed by atoms with Gasteiger partial charge < -0.3 is 5.32 Å². The van der Waals surface area contributed by atoms with Gasteiger partial charge in [0.25, 0.3) is 0 Å². The fourth-order valence-electron chi connectivity index (χ4n) is 1.72. The Hall–Kier alpha value is -0.610. The van der Waals surface area contributed by atoms with E-state index in [4.69, 9.17) is 0 Å². The lowest BCUT2D eigenvalue weighted by molar-refractivity contribution is 0.537. The van der Waals surface area contributed by atoms with Crippen molar-refractivity contribution in [2.45, 2.75) is 11.8 Å². The molecular formula is C10H11F2NS. The highest BCUT2D eigenvalue weighted by Crippen LogP contribution is 2.34. The minimum absolute atomic E-state index is 0.0700. The largest absolute Gasteiger partial charge is 0.312 e. The lowest BCUT2D eigenvalue weighted by Crippen LogP contribution is -2.25. The van der Waals surface area contributed by atoms with Crippen molar-refractivity contribution in [3.63, 3.8) is 0 Å². The molecule has 0 aliphatic carbocycles. The summed E-state index contributed by atoms with van der Waals surface area (Å²) in [6.07, 6.45) is 0. The lowest BCUT2D eigenvalue weighted by atomic mass is 10.0. The first-order chi connectivity index (χ1) is 6.74. The number of rotatable bonds is 1. The van der Waals surface area contributed by atoms with Gasteiger partial charge in [0.1, 0.15) is 11.6 Å². The van der Waals surface area contributed by atoms with Crippen LogP contribution in [0.1, 0.15) is 17.2 Å². The molecule has 14 heavy (non-hydrogen) atoms. The van der Waals surface area contributed by atoms with E-state index in [2.05, 4.69) is 5.32 Å². The minimum Gasteiger partial charge on any atom is -0.312 e. The predicted molar refractivity (Wildman–Crippen MR) is 54.3 cm³/mol. The van der Waals surface area contributed by atoms with Crippen LogP contribution in [0, 0.1) is 11.6 Å². The third-order valence-electron chi connectivity index (χ3n) is 2.47. The molecule has 0 saturated heterocycles. The highest BCUT2D eigenvalue weighted by atomic mass is 32.2. The molecule has 1 unspecified atom stereocenters. The van der Waals surface area contributed by atoms with Crippen molar-refractivity contribution in [3.8, 4) is 0 Å². The molecule has 1 heterocycles. The molecule has 0 spiro atoms. The van der Waals surface area contributed by atoms with Gasteiger partial charge in [-0.05, 0) is 19.2 Å². The van der Waals surface area contributed by atoms with Gasteiger partial charge in [0.05, 0.1) is 0 Å². The smallest absolute Gasteiger partial charge is 0.128 e. The topological polar surface area (TPSA) is 12.0 Å². The predicted octanol–water partition coefficient (Wildman–Crippen LogP) is 2.47. The van der Waals surface area contributed by atoms with Crippen LogP contribution < -0.4 is 5.32 Å². The van der Waals surface area contributed by atoms with Gasteiger partial charge in [-0.3, -0.25) is 0 Å². The third-order valence-corrected chi connectivity index (χ3v) is 3.54. The van der Waals surface area contributed by atoms with Crippen molar-refractivity contribution < 1.29 is 8.78 Å². The van der Waals surface area contributed by atoms with Crippen LogP contribution in [-0.2, 0) is 5.75 Å². The van der Waals surface area contributed by atoms with Crippen molar-refractivity contribution in [1.82, 2.24) is 5.32 Å². The number of benzene rings is 1. The van der Waals surface area contributed by atoms with Crippen molar-refractivity contribution in [2.75, 3.05) is 12.8 Å². The van der Waals surface area contributed by atoms with Crippen LogP contribution in [-0.4, -0.2) is 12.8 Å². The molecule has 76 valence electrons. The first-order valence-electron chi connectivity index (χ1n) is 4.46. The zero-order valence-electron chi connectivity index (χ0n) is 7.81. The second-order valence-corrected chi connectivity index (χ2v) is 4.31. The maximum absolute atomic E-state index is 13.5. The van der Waals surface area contributed by atoms with Crippen LogP contribution in [0.4, 0.5) is 8.78 Å². The standard InChI is InChI=1S/C10H11F2NS/c1-13-9-5-14-4-6-7(11)2-3-8(12)10(6)9/h2-3,9,13H,4-5H2,1H3. The van der Waals surface area contributed by atoms with Crippen LogP contribution in [0.15, 0.2) is 12.1 Å². The quantitative estimate of drug-likeness (QED) is 0.772. The SMILES string of the molecule is CNC1CSCc2c(F)ccc(F)c21. The molecule has 1 aliphatic rings. The Bertz CT molecular complexity index is 354. The fourth-order valence-corrected chi connectivity index (χ4v) is 2.91. The van der Waals surface area contributed by atoms with E-state index in [-0.39, 0.29) is 17.7 Å². The summed E-state index contributed by atoms with van der Waals surface area (Å²) in [5, 5.41) is 3.00. The van der Waals surface area contributed by atoms with Crippen LogP contribution in [0.3, 0.4) is 0 Å². The number of thioether (sulfide) groups is 1. The molecule has 0 fully saturated rings. The molecule has 0 bridgehead atoms. The molecule has 1 aliphatic heterocycles. The molecule has 1 aromatic carbocycles. The van der Waals surface area contributed by atoms with Crippen LogP contribution in [0.5, 0.6) is 0 Å². The number of halogens is 2. The van der Waals surface area contributed by atoms with Crippen LogP contribution in [0.2, 0.25) is 0 Å². The molecule has 0 aromatic heterocycles. The van der Waals surface area contributed by atoms with E-state index < -0.39 is 0 Å². The molecule has 1 aromatic rings. The second-order valence-electron chi connectivity index (χ2n) is 3.28. The van der Waals surface area contributed by atoms with Gasteiger partial charge in [0, 0.05) is 28.7 Å². The Morgan fingerprint density at radius 1 is 1.36 bits per heavy atom. The summed E-state index contributed by atoms with van der Waals surface area (Å²) in [4.78, 5) is 0. The molecule has 1 atom stereocenters. The van der Waals surface area contributed by atoms with Gasteiger partial charge in [0.15, 0.2) is 0 Å². The van der Waals surface area contributed by atoms with Crippen LogP contribution >= 0.6 is 11.8 Å². The van der Waals surface area contributed by atoms with Gasteiger partial charge in [-0.15, -0.1) is 0 Å².